The molecule has 2 rings (SSSR count). The zero-order valence-corrected chi connectivity index (χ0v) is 10.2. The molecule has 4 heteroatoms. The van der Waals surface area contributed by atoms with E-state index in [0.717, 1.165) is 44.0 Å². The standard InChI is InChI=1S/C13H19FN2O/c1-2-17-13-5-4-11(14)10-12(13)16-8-3-6-15-7-9-16/h4-5,10,15H,2-3,6-9H2,1H3. The summed E-state index contributed by atoms with van der Waals surface area (Å²) < 4.78 is 18.9. The van der Waals surface area contributed by atoms with Crippen LogP contribution in [0.15, 0.2) is 18.2 Å². The summed E-state index contributed by atoms with van der Waals surface area (Å²) in [7, 11) is 0. The lowest BCUT2D eigenvalue weighted by Gasteiger charge is -2.24. The smallest absolute Gasteiger partial charge is 0.142 e. The molecule has 1 aromatic rings. The number of hydrogen-bond donors (Lipinski definition) is 1. The van der Waals surface area contributed by atoms with Gasteiger partial charge in [0, 0.05) is 25.7 Å². The maximum absolute atomic E-state index is 13.3. The number of hydrogen-bond acceptors (Lipinski definition) is 3. The largest absolute Gasteiger partial charge is 0.492 e. The number of rotatable bonds is 3. The van der Waals surface area contributed by atoms with Gasteiger partial charge in [0.05, 0.1) is 12.3 Å². The van der Waals surface area contributed by atoms with Gasteiger partial charge in [0.2, 0.25) is 0 Å². The van der Waals surface area contributed by atoms with Gasteiger partial charge in [-0.25, -0.2) is 4.39 Å². The van der Waals surface area contributed by atoms with Gasteiger partial charge < -0.3 is 15.0 Å². The molecular formula is C13H19FN2O. The predicted octanol–water partition coefficient (Wildman–Crippen LogP) is 2.02. The highest BCUT2D eigenvalue weighted by Crippen LogP contribution is 2.29. The van der Waals surface area contributed by atoms with Crippen LogP contribution in [-0.4, -0.2) is 32.8 Å². The average Bonchev–Trinajstić information content (AvgIpc) is 2.60. The van der Waals surface area contributed by atoms with Crippen LogP contribution >= 0.6 is 0 Å². The number of nitrogens with zero attached hydrogens (tertiary/aromatic N) is 1. The van der Waals surface area contributed by atoms with Crippen molar-refractivity contribution in [2.75, 3.05) is 37.7 Å². The van der Waals surface area contributed by atoms with Gasteiger partial charge in [0.1, 0.15) is 11.6 Å². The van der Waals surface area contributed by atoms with Gasteiger partial charge in [-0.2, -0.15) is 0 Å². The molecule has 1 aliphatic rings. The highest BCUT2D eigenvalue weighted by molar-refractivity contribution is 5.58. The zero-order chi connectivity index (χ0) is 12.1. The third kappa shape index (κ3) is 3.09. The molecule has 0 radical (unpaired) electrons. The van der Waals surface area contributed by atoms with Gasteiger partial charge in [0.25, 0.3) is 0 Å². The molecule has 1 fully saturated rings. The van der Waals surface area contributed by atoms with Crippen molar-refractivity contribution in [1.82, 2.24) is 5.32 Å². The van der Waals surface area contributed by atoms with Crippen LogP contribution < -0.4 is 15.0 Å². The van der Waals surface area contributed by atoms with Crippen molar-refractivity contribution >= 4 is 5.69 Å². The van der Waals surface area contributed by atoms with Gasteiger partial charge in [-0.1, -0.05) is 0 Å². The van der Waals surface area contributed by atoms with Crippen molar-refractivity contribution in [1.29, 1.82) is 0 Å². The van der Waals surface area contributed by atoms with Crippen molar-refractivity contribution in [3.63, 3.8) is 0 Å². The summed E-state index contributed by atoms with van der Waals surface area (Å²) in [6.45, 7) is 6.33. The van der Waals surface area contributed by atoms with Gasteiger partial charge in [-0.05, 0) is 32.0 Å². The first-order chi connectivity index (χ1) is 8.31. The number of benzene rings is 1. The Morgan fingerprint density at radius 2 is 2.24 bits per heavy atom. The SMILES string of the molecule is CCOc1ccc(F)cc1N1CCCNCC1. The Morgan fingerprint density at radius 3 is 3.06 bits per heavy atom. The highest BCUT2D eigenvalue weighted by Gasteiger charge is 2.14. The Bertz CT molecular complexity index is 362. The second kappa shape index (κ2) is 5.87. The summed E-state index contributed by atoms with van der Waals surface area (Å²) in [6.07, 6.45) is 1.07. The number of anilines is 1. The minimum atomic E-state index is -0.208. The molecule has 0 aromatic heterocycles. The Kier molecular flexibility index (Phi) is 4.20. The molecule has 0 bridgehead atoms. The molecular weight excluding hydrogens is 219 g/mol. The summed E-state index contributed by atoms with van der Waals surface area (Å²) in [5, 5.41) is 3.34. The fraction of sp³-hybridized carbons (Fsp3) is 0.538. The average molecular weight is 238 g/mol. The van der Waals surface area contributed by atoms with E-state index < -0.39 is 0 Å². The summed E-state index contributed by atoms with van der Waals surface area (Å²) in [4.78, 5) is 2.19. The molecule has 1 N–H and O–H groups in total. The summed E-state index contributed by atoms with van der Waals surface area (Å²) in [6, 6.07) is 4.73. The van der Waals surface area contributed by atoms with Crippen LogP contribution in [0.25, 0.3) is 0 Å². The number of ether oxygens (including phenoxy) is 1. The van der Waals surface area contributed by atoms with Crippen LogP contribution in [-0.2, 0) is 0 Å². The van der Waals surface area contributed by atoms with E-state index in [1.165, 1.54) is 6.07 Å². The van der Waals surface area contributed by atoms with Gasteiger partial charge >= 0.3 is 0 Å². The molecule has 1 aromatic carbocycles. The molecule has 3 nitrogen and oxygen atoms in total. The van der Waals surface area contributed by atoms with E-state index in [1.807, 2.05) is 6.92 Å². The van der Waals surface area contributed by atoms with Crippen molar-refractivity contribution in [3.05, 3.63) is 24.0 Å². The number of nitrogens with one attached hydrogen (secondary N) is 1. The van der Waals surface area contributed by atoms with Crippen molar-refractivity contribution < 1.29 is 9.13 Å². The summed E-state index contributed by atoms with van der Waals surface area (Å²) in [5.41, 5.74) is 0.871. The topological polar surface area (TPSA) is 24.5 Å². The van der Waals surface area contributed by atoms with Crippen molar-refractivity contribution in [2.45, 2.75) is 13.3 Å². The van der Waals surface area contributed by atoms with Gasteiger partial charge in [0.15, 0.2) is 0 Å². The fourth-order valence-electron chi connectivity index (χ4n) is 2.10. The lowest BCUT2D eigenvalue weighted by atomic mass is 10.2. The Balaban J connectivity index is 2.23. The maximum Gasteiger partial charge on any atom is 0.142 e. The summed E-state index contributed by atoms with van der Waals surface area (Å²) in [5.74, 6) is 0.566. The molecule has 0 unspecified atom stereocenters. The summed E-state index contributed by atoms with van der Waals surface area (Å²) >= 11 is 0. The maximum atomic E-state index is 13.3. The molecule has 17 heavy (non-hydrogen) atoms. The van der Waals surface area contributed by atoms with E-state index in [9.17, 15) is 4.39 Å². The Labute approximate surface area is 102 Å². The van der Waals surface area contributed by atoms with Crippen LogP contribution in [0, 0.1) is 5.82 Å². The first-order valence-electron chi connectivity index (χ1n) is 6.19. The fourth-order valence-corrected chi connectivity index (χ4v) is 2.10. The highest BCUT2D eigenvalue weighted by atomic mass is 19.1. The first-order valence-corrected chi connectivity index (χ1v) is 6.19. The normalized spacial score (nSPS) is 16.7. The van der Waals surface area contributed by atoms with Gasteiger partial charge in [-0.3, -0.25) is 0 Å². The van der Waals surface area contributed by atoms with E-state index in [-0.39, 0.29) is 5.82 Å². The first kappa shape index (κ1) is 12.2. The lowest BCUT2D eigenvalue weighted by molar-refractivity contribution is 0.340. The molecule has 0 amide bonds. The third-order valence-corrected chi connectivity index (χ3v) is 2.90. The predicted molar refractivity (Wildman–Crippen MR) is 67.3 cm³/mol. The van der Waals surface area contributed by atoms with Crippen LogP contribution in [0.4, 0.5) is 10.1 Å². The molecule has 1 saturated heterocycles. The van der Waals surface area contributed by atoms with E-state index in [4.69, 9.17) is 4.74 Å². The van der Waals surface area contributed by atoms with E-state index in [2.05, 4.69) is 10.2 Å². The van der Waals surface area contributed by atoms with Gasteiger partial charge in [-0.15, -0.1) is 0 Å². The van der Waals surface area contributed by atoms with Crippen LogP contribution in [0.1, 0.15) is 13.3 Å². The molecule has 0 atom stereocenters. The minimum Gasteiger partial charge on any atom is -0.492 e. The Morgan fingerprint density at radius 1 is 1.35 bits per heavy atom. The van der Waals surface area contributed by atoms with Crippen LogP contribution in [0.3, 0.4) is 0 Å². The molecule has 0 spiro atoms. The quantitative estimate of drug-likeness (QED) is 0.872. The molecule has 1 heterocycles. The lowest BCUT2D eigenvalue weighted by Crippen LogP contribution is -2.28. The number of halogens is 1. The second-order valence-corrected chi connectivity index (χ2v) is 4.14. The molecule has 0 saturated carbocycles. The van der Waals surface area contributed by atoms with Crippen molar-refractivity contribution in [3.8, 4) is 5.75 Å². The monoisotopic (exact) mass is 238 g/mol. The third-order valence-electron chi connectivity index (χ3n) is 2.90. The van der Waals surface area contributed by atoms with E-state index in [0.29, 0.717) is 6.61 Å². The second-order valence-electron chi connectivity index (χ2n) is 4.14. The minimum absolute atomic E-state index is 0.208. The van der Waals surface area contributed by atoms with Crippen LogP contribution in [0.5, 0.6) is 5.75 Å². The van der Waals surface area contributed by atoms with E-state index >= 15 is 0 Å². The molecule has 1 aliphatic heterocycles. The molecule has 0 aliphatic carbocycles. The zero-order valence-electron chi connectivity index (χ0n) is 10.2. The van der Waals surface area contributed by atoms with E-state index in [1.54, 1.807) is 12.1 Å². The van der Waals surface area contributed by atoms with Crippen molar-refractivity contribution in [2.24, 2.45) is 0 Å². The van der Waals surface area contributed by atoms with Crippen LogP contribution in [0.2, 0.25) is 0 Å². The molecule has 94 valence electrons. The Hall–Kier alpha value is -1.29.